The van der Waals surface area contributed by atoms with E-state index < -0.39 is 28.4 Å². The van der Waals surface area contributed by atoms with Gasteiger partial charge in [-0.25, -0.2) is 5.84 Å². The van der Waals surface area contributed by atoms with Crippen molar-refractivity contribution >= 4 is 16.7 Å². The molecule has 0 saturated heterocycles. The molecule has 18 heavy (non-hydrogen) atoms. The number of rotatable bonds is 4. The molecule has 0 fully saturated rings. The third-order valence-corrected chi connectivity index (χ3v) is 3.27. The molecule has 0 bridgehead atoms. The predicted molar refractivity (Wildman–Crippen MR) is 60.5 cm³/mol. The molecule has 0 aliphatic heterocycles. The smallest absolute Gasteiger partial charge is 0.293 e. The van der Waals surface area contributed by atoms with Crippen molar-refractivity contribution in [2.24, 2.45) is 5.84 Å². The van der Waals surface area contributed by atoms with E-state index in [4.69, 9.17) is 5.84 Å². The molecular weight excluding hydrogens is 269 g/mol. The van der Waals surface area contributed by atoms with E-state index in [1.54, 1.807) is 5.43 Å². The Kier molecular flexibility index (Phi) is 4.85. The molecule has 8 heteroatoms. The zero-order valence-corrected chi connectivity index (χ0v) is 9.98. The summed E-state index contributed by atoms with van der Waals surface area (Å²) in [6.07, 6.45) is -4.44. The SMILES string of the molecule is NNC(=O)C[S@](=O)Cc1cccc(C(F)(F)F)c1. The Bertz CT molecular complexity index is 463. The Morgan fingerprint density at radius 2 is 2.06 bits per heavy atom. The molecule has 0 radical (unpaired) electrons. The molecule has 0 aliphatic carbocycles. The van der Waals surface area contributed by atoms with E-state index in [1.807, 2.05) is 0 Å². The van der Waals surface area contributed by atoms with Crippen molar-refractivity contribution in [3.05, 3.63) is 35.4 Å². The monoisotopic (exact) mass is 280 g/mol. The molecule has 0 saturated carbocycles. The number of nitrogens with one attached hydrogen (secondary N) is 1. The lowest BCUT2D eigenvalue weighted by atomic mass is 10.1. The molecule has 1 aromatic carbocycles. The maximum Gasteiger partial charge on any atom is 0.416 e. The minimum atomic E-state index is -4.44. The van der Waals surface area contributed by atoms with E-state index in [0.29, 0.717) is 0 Å². The van der Waals surface area contributed by atoms with Crippen LogP contribution in [0.4, 0.5) is 13.2 Å². The number of hydrogen-bond donors (Lipinski definition) is 2. The number of amides is 1. The van der Waals surface area contributed by atoms with Crippen LogP contribution in [0.25, 0.3) is 0 Å². The summed E-state index contributed by atoms with van der Waals surface area (Å²) in [6, 6.07) is 4.50. The van der Waals surface area contributed by atoms with Crippen LogP contribution >= 0.6 is 0 Å². The lowest BCUT2D eigenvalue weighted by Crippen LogP contribution is -2.34. The fourth-order valence-electron chi connectivity index (χ4n) is 1.26. The first-order valence-electron chi connectivity index (χ1n) is 4.83. The standard InChI is InChI=1S/C10H11F3N2O2S/c11-10(12,13)8-3-1-2-7(4-8)5-18(17)6-9(16)15-14/h1-4H,5-6,14H2,(H,15,16)/t18-/m1/s1. The van der Waals surface area contributed by atoms with Gasteiger partial charge in [0.15, 0.2) is 0 Å². The molecule has 1 rings (SSSR count). The van der Waals surface area contributed by atoms with Crippen molar-refractivity contribution < 1.29 is 22.2 Å². The molecule has 1 atom stereocenters. The minimum absolute atomic E-state index is 0.128. The summed E-state index contributed by atoms with van der Waals surface area (Å²) in [4.78, 5) is 10.8. The molecule has 0 unspecified atom stereocenters. The second kappa shape index (κ2) is 5.96. The van der Waals surface area contributed by atoms with Crippen LogP contribution in [0.15, 0.2) is 24.3 Å². The first-order chi connectivity index (χ1) is 8.32. The van der Waals surface area contributed by atoms with Crippen molar-refractivity contribution in [2.45, 2.75) is 11.9 Å². The van der Waals surface area contributed by atoms with E-state index in [0.717, 1.165) is 12.1 Å². The summed E-state index contributed by atoms with van der Waals surface area (Å²) in [6.45, 7) is 0. The lowest BCUT2D eigenvalue weighted by molar-refractivity contribution is -0.137. The third-order valence-electron chi connectivity index (χ3n) is 2.04. The van der Waals surface area contributed by atoms with Crippen molar-refractivity contribution in [2.75, 3.05) is 5.75 Å². The van der Waals surface area contributed by atoms with Crippen LogP contribution in [-0.4, -0.2) is 15.9 Å². The second-order valence-corrected chi connectivity index (χ2v) is 4.95. The number of hydrogen-bond acceptors (Lipinski definition) is 3. The minimum Gasteiger partial charge on any atom is -0.293 e. The maximum absolute atomic E-state index is 12.4. The summed E-state index contributed by atoms with van der Waals surface area (Å²) < 4.78 is 48.7. The van der Waals surface area contributed by atoms with Crippen molar-refractivity contribution in [1.82, 2.24) is 5.43 Å². The molecule has 100 valence electrons. The summed E-state index contributed by atoms with van der Waals surface area (Å²) in [5.41, 5.74) is 1.26. The van der Waals surface area contributed by atoms with Gasteiger partial charge in [-0.05, 0) is 11.6 Å². The molecule has 0 heterocycles. The van der Waals surface area contributed by atoms with Gasteiger partial charge in [0.25, 0.3) is 0 Å². The van der Waals surface area contributed by atoms with Gasteiger partial charge in [0, 0.05) is 16.6 Å². The quantitative estimate of drug-likeness (QED) is 0.490. The largest absolute Gasteiger partial charge is 0.416 e. The number of carbonyl (C=O) groups is 1. The van der Waals surface area contributed by atoms with Gasteiger partial charge in [-0.15, -0.1) is 0 Å². The van der Waals surface area contributed by atoms with Gasteiger partial charge >= 0.3 is 6.18 Å². The van der Waals surface area contributed by atoms with Gasteiger partial charge in [-0.1, -0.05) is 18.2 Å². The zero-order valence-electron chi connectivity index (χ0n) is 9.16. The number of benzene rings is 1. The highest BCUT2D eigenvalue weighted by Crippen LogP contribution is 2.29. The zero-order chi connectivity index (χ0) is 13.8. The fourth-order valence-corrected chi connectivity index (χ4v) is 2.29. The molecule has 1 aromatic rings. The van der Waals surface area contributed by atoms with E-state index in [1.165, 1.54) is 12.1 Å². The van der Waals surface area contributed by atoms with Crippen LogP contribution < -0.4 is 11.3 Å². The Morgan fingerprint density at radius 3 is 2.61 bits per heavy atom. The van der Waals surface area contributed by atoms with Gasteiger partial charge in [0.1, 0.15) is 5.75 Å². The van der Waals surface area contributed by atoms with E-state index in [2.05, 4.69) is 0 Å². The first kappa shape index (κ1) is 14.7. The molecule has 0 aliphatic rings. The predicted octanol–water partition coefficient (Wildman–Crippen LogP) is 0.944. The molecule has 4 nitrogen and oxygen atoms in total. The maximum atomic E-state index is 12.4. The summed E-state index contributed by atoms with van der Waals surface area (Å²) in [5, 5.41) is 0. The Morgan fingerprint density at radius 1 is 1.39 bits per heavy atom. The number of halogens is 3. The first-order valence-corrected chi connectivity index (χ1v) is 6.32. The normalized spacial score (nSPS) is 13.1. The van der Waals surface area contributed by atoms with E-state index in [9.17, 15) is 22.2 Å². The average molecular weight is 280 g/mol. The third kappa shape index (κ3) is 4.46. The van der Waals surface area contributed by atoms with Crippen molar-refractivity contribution in [3.8, 4) is 0 Å². The Balaban J connectivity index is 2.74. The van der Waals surface area contributed by atoms with E-state index in [-0.39, 0.29) is 17.1 Å². The van der Waals surface area contributed by atoms with Gasteiger partial charge < -0.3 is 0 Å². The van der Waals surface area contributed by atoms with Gasteiger partial charge in [-0.2, -0.15) is 13.2 Å². The molecule has 0 spiro atoms. The Labute approximate surface area is 104 Å². The van der Waals surface area contributed by atoms with Crippen LogP contribution in [-0.2, 0) is 27.5 Å². The number of nitrogens with two attached hydrogens (primary N) is 1. The molecule has 1 amide bonds. The molecule has 0 aromatic heterocycles. The average Bonchev–Trinajstić information content (AvgIpc) is 2.27. The van der Waals surface area contributed by atoms with Crippen LogP contribution in [0, 0.1) is 0 Å². The van der Waals surface area contributed by atoms with Crippen molar-refractivity contribution in [1.29, 1.82) is 0 Å². The van der Waals surface area contributed by atoms with Crippen LogP contribution in [0.2, 0.25) is 0 Å². The fraction of sp³-hybridized carbons (Fsp3) is 0.300. The van der Waals surface area contributed by atoms with Crippen LogP contribution in [0.3, 0.4) is 0 Å². The lowest BCUT2D eigenvalue weighted by Gasteiger charge is -2.08. The molecule has 3 N–H and O–H groups in total. The second-order valence-electron chi connectivity index (χ2n) is 3.49. The van der Waals surface area contributed by atoms with Crippen LogP contribution in [0.5, 0.6) is 0 Å². The molecular formula is C10H11F3N2O2S. The summed E-state index contributed by atoms with van der Waals surface area (Å²) >= 11 is 0. The van der Waals surface area contributed by atoms with Crippen molar-refractivity contribution in [3.63, 3.8) is 0 Å². The van der Waals surface area contributed by atoms with Gasteiger partial charge in [0.05, 0.1) is 5.56 Å². The number of alkyl halides is 3. The summed E-state index contributed by atoms with van der Waals surface area (Å²) in [7, 11) is -1.60. The van der Waals surface area contributed by atoms with Crippen LogP contribution in [0.1, 0.15) is 11.1 Å². The topological polar surface area (TPSA) is 72.2 Å². The van der Waals surface area contributed by atoms with Gasteiger partial charge in [0.2, 0.25) is 5.91 Å². The highest BCUT2D eigenvalue weighted by molar-refractivity contribution is 7.84. The highest BCUT2D eigenvalue weighted by atomic mass is 32.2. The number of hydrazine groups is 1. The number of carbonyl (C=O) groups excluding carboxylic acids is 1. The highest BCUT2D eigenvalue weighted by Gasteiger charge is 2.30. The van der Waals surface area contributed by atoms with E-state index >= 15 is 0 Å². The summed E-state index contributed by atoms with van der Waals surface area (Å²) in [5.74, 6) is 3.72. The van der Waals surface area contributed by atoms with Gasteiger partial charge in [-0.3, -0.25) is 14.4 Å². The Hall–Kier alpha value is -1.41.